The average Bonchev–Trinajstić information content (AvgIpc) is 2.65. The van der Waals surface area contributed by atoms with Crippen LogP contribution in [-0.2, 0) is 9.59 Å². The van der Waals surface area contributed by atoms with Gasteiger partial charge in [-0.2, -0.15) is 0 Å². The van der Waals surface area contributed by atoms with E-state index in [1.165, 1.54) is 11.0 Å². The van der Waals surface area contributed by atoms with Gasteiger partial charge in [0.25, 0.3) is 11.8 Å². The van der Waals surface area contributed by atoms with E-state index in [0.29, 0.717) is 23.6 Å². The molecule has 0 aromatic heterocycles. The van der Waals surface area contributed by atoms with E-state index in [-0.39, 0.29) is 11.8 Å². The lowest BCUT2D eigenvalue weighted by Crippen LogP contribution is -2.31. The Balaban J connectivity index is 2.40. The third kappa shape index (κ3) is 2.50. The first-order valence-corrected chi connectivity index (χ1v) is 6.46. The normalized spacial score (nSPS) is 15.2. The Kier molecular flexibility index (Phi) is 4.03. The average molecular weight is 271 g/mol. The highest BCUT2D eigenvalue weighted by Crippen LogP contribution is 2.35. The van der Waals surface area contributed by atoms with Crippen LogP contribution in [0.2, 0.25) is 0 Å². The van der Waals surface area contributed by atoms with E-state index in [1.807, 2.05) is 38.1 Å². The monoisotopic (exact) mass is 271 g/mol. The van der Waals surface area contributed by atoms with Gasteiger partial charge in [0.1, 0.15) is 12.4 Å². The van der Waals surface area contributed by atoms with Gasteiger partial charge in [0.15, 0.2) is 0 Å². The Morgan fingerprint density at radius 2 is 2.00 bits per heavy atom. The number of carbonyl (C=O) groups is 2. The van der Waals surface area contributed by atoms with Crippen LogP contribution in [0.5, 0.6) is 5.75 Å². The van der Waals surface area contributed by atoms with Crippen molar-refractivity contribution in [1.29, 1.82) is 0 Å². The Bertz CT molecular complexity index is 614. The summed E-state index contributed by atoms with van der Waals surface area (Å²) >= 11 is 0. The van der Waals surface area contributed by atoms with Gasteiger partial charge < -0.3 is 4.74 Å². The molecule has 0 spiro atoms. The topological polar surface area (TPSA) is 46.6 Å². The summed E-state index contributed by atoms with van der Waals surface area (Å²) in [6.45, 7) is 5.79. The molecule has 0 saturated heterocycles. The molecule has 1 aliphatic rings. The van der Waals surface area contributed by atoms with Crippen molar-refractivity contribution in [3.63, 3.8) is 0 Å². The molecule has 104 valence electrons. The van der Waals surface area contributed by atoms with Gasteiger partial charge in [-0.3, -0.25) is 9.59 Å². The SMILES string of the molecule is C/C=C/COc1cccc(C)c1N1C(=O)C=C(C)C1=O. The second-order valence-electron chi connectivity index (χ2n) is 4.61. The van der Waals surface area contributed by atoms with Gasteiger partial charge in [-0.05, 0) is 32.4 Å². The molecular weight excluding hydrogens is 254 g/mol. The molecular formula is C16H17NO3. The van der Waals surface area contributed by atoms with E-state index in [2.05, 4.69) is 0 Å². The van der Waals surface area contributed by atoms with Gasteiger partial charge in [-0.25, -0.2) is 4.90 Å². The maximum atomic E-state index is 12.1. The molecule has 1 heterocycles. The van der Waals surface area contributed by atoms with E-state index in [9.17, 15) is 9.59 Å². The summed E-state index contributed by atoms with van der Waals surface area (Å²) < 4.78 is 5.65. The number of nitrogens with zero attached hydrogens (tertiary/aromatic N) is 1. The van der Waals surface area contributed by atoms with Crippen LogP contribution >= 0.6 is 0 Å². The summed E-state index contributed by atoms with van der Waals surface area (Å²) in [7, 11) is 0. The zero-order valence-electron chi connectivity index (χ0n) is 11.8. The fourth-order valence-corrected chi connectivity index (χ4v) is 2.07. The smallest absolute Gasteiger partial charge is 0.261 e. The van der Waals surface area contributed by atoms with Crippen LogP contribution in [0, 0.1) is 6.92 Å². The first-order chi connectivity index (χ1) is 9.56. The number of carbonyl (C=O) groups excluding carboxylic acids is 2. The fraction of sp³-hybridized carbons (Fsp3) is 0.250. The highest BCUT2D eigenvalue weighted by molar-refractivity contribution is 6.31. The molecule has 4 nitrogen and oxygen atoms in total. The molecule has 2 amide bonds. The number of allylic oxidation sites excluding steroid dienone is 1. The Morgan fingerprint density at radius 1 is 1.25 bits per heavy atom. The molecule has 0 unspecified atom stereocenters. The molecule has 2 rings (SSSR count). The first kappa shape index (κ1) is 14.1. The number of para-hydroxylation sites is 1. The molecule has 0 saturated carbocycles. The van der Waals surface area contributed by atoms with Crippen LogP contribution in [0.1, 0.15) is 19.4 Å². The number of rotatable bonds is 4. The van der Waals surface area contributed by atoms with Crippen molar-refractivity contribution < 1.29 is 14.3 Å². The number of imide groups is 1. The highest BCUT2D eigenvalue weighted by atomic mass is 16.5. The molecule has 0 N–H and O–H groups in total. The number of aryl methyl sites for hydroxylation is 1. The zero-order valence-corrected chi connectivity index (χ0v) is 11.8. The second kappa shape index (κ2) is 5.74. The molecule has 1 aliphatic heterocycles. The summed E-state index contributed by atoms with van der Waals surface area (Å²) in [5.41, 5.74) is 1.80. The lowest BCUT2D eigenvalue weighted by Gasteiger charge is -2.20. The van der Waals surface area contributed by atoms with Gasteiger partial charge in [-0.15, -0.1) is 0 Å². The largest absolute Gasteiger partial charge is 0.487 e. The lowest BCUT2D eigenvalue weighted by molar-refractivity contribution is -0.120. The van der Waals surface area contributed by atoms with Crippen LogP contribution in [0.4, 0.5) is 5.69 Å². The number of hydrogen-bond donors (Lipinski definition) is 0. The van der Waals surface area contributed by atoms with Crippen molar-refractivity contribution in [3.8, 4) is 5.75 Å². The van der Waals surface area contributed by atoms with Crippen LogP contribution < -0.4 is 9.64 Å². The Labute approximate surface area is 118 Å². The minimum atomic E-state index is -0.322. The van der Waals surface area contributed by atoms with Crippen molar-refractivity contribution in [2.45, 2.75) is 20.8 Å². The summed E-state index contributed by atoms with van der Waals surface area (Å²) in [6.07, 6.45) is 5.10. The van der Waals surface area contributed by atoms with Crippen molar-refractivity contribution in [2.75, 3.05) is 11.5 Å². The fourth-order valence-electron chi connectivity index (χ4n) is 2.07. The van der Waals surface area contributed by atoms with Gasteiger partial charge in [0.05, 0.1) is 5.69 Å². The van der Waals surface area contributed by atoms with Crippen molar-refractivity contribution in [1.82, 2.24) is 0 Å². The van der Waals surface area contributed by atoms with E-state index in [4.69, 9.17) is 4.74 Å². The molecule has 20 heavy (non-hydrogen) atoms. The number of benzene rings is 1. The molecule has 1 aromatic rings. The van der Waals surface area contributed by atoms with Gasteiger partial charge in [-0.1, -0.05) is 24.3 Å². The molecule has 0 fully saturated rings. The molecule has 0 atom stereocenters. The molecule has 4 heteroatoms. The molecule has 0 aliphatic carbocycles. The van der Waals surface area contributed by atoms with Gasteiger partial charge >= 0.3 is 0 Å². The minimum Gasteiger partial charge on any atom is -0.487 e. The van der Waals surface area contributed by atoms with Crippen molar-refractivity contribution >= 4 is 17.5 Å². The predicted molar refractivity (Wildman–Crippen MR) is 77.7 cm³/mol. The number of anilines is 1. The highest BCUT2D eigenvalue weighted by Gasteiger charge is 2.32. The molecule has 1 aromatic carbocycles. The van der Waals surface area contributed by atoms with Crippen LogP contribution in [0.15, 0.2) is 42.0 Å². The summed E-state index contributed by atoms with van der Waals surface area (Å²) in [6, 6.07) is 5.46. The summed E-state index contributed by atoms with van der Waals surface area (Å²) in [5.74, 6) is -0.0780. The van der Waals surface area contributed by atoms with E-state index < -0.39 is 0 Å². The lowest BCUT2D eigenvalue weighted by atomic mass is 10.1. The van der Waals surface area contributed by atoms with E-state index in [0.717, 1.165) is 5.56 Å². The second-order valence-corrected chi connectivity index (χ2v) is 4.61. The number of ether oxygens (including phenoxy) is 1. The minimum absolute atomic E-state index is 0.291. The predicted octanol–water partition coefficient (Wildman–Crippen LogP) is 2.77. The molecule has 0 radical (unpaired) electrons. The maximum Gasteiger partial charge on any atom is 0.261 e. The Morgan fingerprint density at radius 3 is 2.60 bits per heavy atom. The summed E-state index contributed by atoms with van der Waals surface area (Å²) in [4.78, 5) is 25.3. The van der Waals surface area contributed by atoms with Crippen LogP contribution in [-0.4, -0.2) is 18.4 Å². The van der Waals surface area contributed by atoms with E-state index >= 15 is 0 Å². The molecule has 0 bridgehead atoms. The van der Waals surface area contributed by atoms with Crippen LogP contribution in [0.3, 0.4) is 0 Å². The standard InChI is InChI=1S/C16H17NO3/c1-4-5-9-20-13-8-6-7-11(2)15(13)17-14(18)10-12(3)16(17)19/h4-8,10H,9H2,1-3H3/b5-4+. The van der Waals surface area contributed by atoms with Crippen molar-refractivity contribution in [2.24, 2.45) is 0 Å². The van der Waals surface area contributed by atoms with Crippen molar-refractivity contribution in [3.05, 3.63) is 47.6 Å². The van der Waals surface area contributed by atoms with E-state index in [1.54, 1.807) is 13.0 Å². The third-order valence-electron chi connectivity index (χ3n) is 3.10. The zero-order chi connectivity index (χ0) is 14.7. The van der Waals surface area contributed by atoms with Gasteiger partial charge in [0.2, 0.25) is 0 Å². The maximum absolute atomic E-state index is 12.1. The number of hydrogen-bond acceptors (Lipinski definition) is 3. The van der Waals surface area contributed by atoms with Gasteiger partial charge in [0, 0.05) is 11.6 Å². The third-order valence-corrected chi connectivity index (χ3v) is 3.10. The quantitative estimate of drug-likeness (QED) is 0.625. The summed E-state index contributed by atoms with van der Waals surface area (Å²) in [5, 5.41) is 0. The number of amides is 2. The first-order valence-electron chi connectivity index (χ1n) is 6.46. The Hall–Kier alpha value is -2.36. The van der Waals surface area contributed by atoms with Crippen LogP contribution in [0.25, 0.3) is 0 Å².